The van der Waals surface area contributed by atoms with E-state index >= 15 is 0 Å². The van der Waals surface area contributed by atoms with Crippen LogP contribution in [-0.4, -0.2) is 25.7 Å². The topological polar surface area (TPSA) is 74.8 Å². The molecule has 2 aromatic carbocycles. The molecule has 6 nitrogen and oxygen atoms in total. The molecule has 0 atom stereocenters. The van der Waals surface area contributed by atoms with Crippen LogP contribution in [0.5, 0.6) is 5.75 Å². The van der Waals surface area contributed by atoms with E-state index in [1.807, 2.05) is 23.0 Å². The average Bonchev–Trinajstić information content (AvgIpc) is 3.31. The number of phenols is 1. The number of benzene rings is 2. The second kappa shape index (κ2) is 5.70. The van der Waals surface area contributed by atoms with Gasteiger partial charge in [0.2, 0.25) is 0 Å². The number of anilines is 2. The number of imidazole rings is 1. The number of aromatic hydroxyl groups is 1. The van der Waals surface area contributed by atoms with Gasteiger partial charge in [-0.3, -0.25) is 4.99 Å². The number of fused-ring (bicyclic) bond motifs is 2. The Morgan fingerprint density at radius 3 is 2.85 bits per heavy atom. The fourth-order valence-corrected chi connectivity index (χ4v) is 3.11. The first kappa shape index (κ1) is 14.7. The van der Waals surface area contributed by atoms with Crippen molar-refractivity contribution in [2.24, 2.45) is 4.99 Å². The number of nitrogens with one attached hydrogen (secondary N) is 1. The van der Waals surface area contributed by atoms with Crippen molar-refractivity contribution in [3.63, 3.8) is 0 Å². The zero-order chi connectivity index (χ0) is 17.5. The van der Waals surface area contributed by atoms with Gasteiger partial charge in [0.05, 0.1) is 12.2 Å². The van der Waals surface area contributed by atoms with Crippen LogP contribution in [0.4, 0.5) is 11.5 Å². The Balaban J connectivity index is 1.60. The molecule has 2 N–H and O–H groups in total. The molecule has 0 spiro atoms. The molecule has 0 fully saturated rings. The number of hydrogen-bond acceptors (Lipinski definition) is 5. The summed E-state index contributed by atoms with van der Waals surface area (Å²) in [7, 11) is 0. The molecule has 0 aliphatic carbocycles. The summed E-state index contributed by atoms with van der Waals surface area (Å²) >= 11 is 0. The second-order valence-electron chi connectivity index (χ2n) is 6.19. The fourth-order valence-electron chi connectivity index (χ4n) is 3.11. The van der Waals surface area contributed by atoms with Gasteiger partial charge in [0.1, 0.15) is 5.75 Å². The van der Waals surface area contributed by atoms with Crippen LogP contribution in [0.15, 0.2) is 66.0 Å². The van der Waals surface area contributed by atoms with Gasteiger partial charge in [-0.15, -0.1) is 0 Å². The van der Waals surface area contributed by atoms with Crippen molar-refractivity contribution in [3.05, 3.63) is 72.2 Å². The van der Waals surface area contributed by atoms with Gasteiger partial charge >= 0.3 is 0 Å². The molecule has 1 aliphatic rings. The lowest BCUT2D eigenvalue weighted by Gasteiger charge is -2.11. The summed E-state index contributed by atoms with van der Waals surface area (Å²) in [6.45, 7) is 0.717. The largest absolute Gasteiger partial charge is 0.508 e. The normalized spacial score (nSPS) is 12.5. The maximum absolute atomic E-state index is 9.46. The second-order valence-corrected chi connectivity index (χ2v) is 6.19. The van der Waals surface area contributed by atoms with Gasteiger partial charge in [-0.25, -0.2) is 9.97 Å². The highest BCUT2D eigenvalue weighted by Crippen LogP contribution is 2.27. The third kappa shape index (κ3) is 2.48. The molecular formula is C20H15N5O. The van der Waals surface area contributed by atoms with Crippen molar-refractivity contribution in [1.82, 2.24) is 14.4 Å². The summed E-state index contributed by atoms with van der Waals surface area (Å²) in [6.07, 6.45) is 7.53. The number of nitrogens with zero attached hydrogens (tertiary/aromatic N) is 4. The monoisotopic (exact) mass is 341 g/mol. The zero-order valence-corrected chi connectivity index (χ0v) is 13.8. The number of aliphatic imine (C=N–C) groups is 1. The first-order chi connectivity index (χ1) is 12.8. The summed E-state index contributed by atoms with van der Waals surface area (Å²) < 4.78 is 1.95. The van der Waals surface area contributed by atoms with E-state index in [9.17, 15) is 5.11 Å². The van der Waals surface area contributed by atoms with E-state index in [0.717, 1.165) is 29.1 Å². The minimum atomic E-state index is 0.226. The van der Waals surface area contributed by atoms with Crippen molar-refractivity contribution < 1.29 is 5.11 Å². The van der Waals surface area contributed by atoms with Crippen LogP contribution in [-0.2, 0) is 6.54 Å². The first-order valence-electron chi connectivity index (χ1n) is 8.29. The third-order valence-electron chi connectivity index (χ3n) is 4.43. The molecule has 0 radical (unpaired) electrons. The molecule has 2 aromatic heterocycles. The summed E-state index contributed by atoms with van der Waals surface area (Å²) in [5.41, 5.74) is 5.85. The van der Waals surface area contributed by atoms with E-state index in [0.29, 0.717) is 5.82 Å². The molecule has 0 amide bonds. The number of aromatic nitrogens is 3. The Labute approximate surface area is 149 Å². The quantitative estimate of drug-likeness (QED) is 0.556. The van der Waals surface area contributed by atoms with Crippen LogP contribution in [0.25, 0.3) is 16.9 Å². The SMILES string of the molecule is Oc1ccc(Nc2nc(-c3ccc4c(c3)CN=C4)cn3ccnc23)cc1. The molecule has 1 aliphatic heterocycles. The Hall–Kier alpha value is -3.67. The minimum Gasteiger partial charge on any atom is -0.508 e. The summed E-state index contributed by atoms with van der Waals surface area (Å²) in [5.74, 6) is 0.888. The van der Waals surface area contributed by atoms with Crippen molar-refractivity contribution in [1.29, 1.82) is 0 Å². The Bertz CT molecular complexity index is 1140. The molecule has 0 saturated heterocycles. The lowest BCUT2D eigenvalue weighted by atomic mass is 10.0. The summed E-state index contributed by atoms with van der Waals surface area (Å²) in [4.78, 5) is 13.5. The Morgan fingerprint density at radius 2 is 1.96 bits per heavy atom. The van der Waals surface area contributed by atoms with Gasteiger partial charge in [-0.05, 0) is 41.5 Å². The standard InChI is InChI=1S/C20H15N5O/c26-17-5-3-16(4-6-17)23-19-20-22-7-8-25(20)12-18(24-19)13-1-2-14-10-21-11-15(14)9-13/h1-10,12,26H,11H2,(H,23,24). The van der Waals surface area contributed by atoms with Crippen LogP contribution >= 0.6 is 0 Å². The molecule has 0 saturated carbocycles. The fraction of sp³-hybridized carbons (Fsp3) is 0.0500. The summed E-state index contributed by atoms with van der Waals surface area (Å²) in [5, 5.41) is 12.8. The van der Waals surface area contributed by atoms with Crippen LogP contribution in [0, 0.1) is 0 Å². The lowest BCUT2D eigenvalue weighted by molar-refractivity contribution is 0.475. The van der Waals surface area contributed by atoms with Crippen molar-refractivity contribution in [2.75, 3.05) is 5.32 Å². The Kier molecular flexibility index (Phi) is 3.21. The van der Waals surface area contributed by atoms with Crippen molar-refractivity contribution >= 4 is 23.4 Å². The molecule has 5 rings (SSSR count). The predicted molar refractivity (Wildman–Crippen MR) is 101 cm³/mol. The molecule has 26 heavy (non-hydrogen) atoms. The molecule has 0 bridgehead atoms. The molecule has 126 valence electrons. The molecular weight excluding hydrogens is 326 g/mol. The molecule has 3 heterocycles. The van der Waals surface area contributed by atoms with E-state index < -0.39 is 0 Å². The van der Waals surface area contributed by atoms with Crippen LogP contribution in [0.3, 0.4) is 0 Å². The van der Waals surface area contributed by atoms with E-state index in [-0.39, 0.29) is 5.75 Å². The van der Waals surface area contributed by atoms with Gasteiger partial charge in [0.15, 0.2) is 11.5 Å². The molecule has 4 aromatic rings. The van der Waals surface area contributed by atoms with Gasteiger partial charge < -0.3 is 14.8 Å². The van der Waals surface area contributed by atoms with Crippen LogP contribution in [0.2, 0.25) is 0 Å². The highest BCUT2D eigenvalue weighted by Gasteiger charge is 2.12. The van der Waals surface area contributed by atoms with Crippen molar-refractivity contribution in [3.8, 4) is 17.0 Å². The third-order valence-corrected chi connectivity index (χ3v) is 4.43. The first-order valence-corrected chi connectivity index (χ1v) is 8.29. The van der Waals surface area contributed by atoms with Gasteiger partial charge in [-0.1, -0.05) is 12.1 Å². The lowest BCUT2D eigenvalue weighted by Crippen LogP contribution is -2.00. The molecule has 6 heteroatoms. The van der Waals surface area contributed by atoms with E-state index in [1.54, 1.807) is 30.5 Å². The van der Waals surface area contributed by atoms with Gasteiger partial charge in [0.25, 0.3) is 0 Å². The van der Waals surface area contributed by atoms with Crippen LogP contribution < -0.4 is 5.32 Å². The highest BCUT2D eigenvalue weighted by atomic mass is 16.3. The van der Waals surface area contributed by atoms with Crippen molar-refractivity contribution in [2.45, 2.75) is 6.54 Å². The number of phenolic OH excluding ortho intramolecular Hbond substituents is 1. The van der Waals surface area contributed by atoms with Crippen LogP contribution in [0.1, 0.15) is 11.1 Å². The molecule has 0 unspecified atom stereocenters. The number of rotatable bonds is 3. The van der Waals surface area contributed by atoms with Gasteiger partial charge in [0, 0.05) is 36.1 Å². The maximum atomic E-state index is 9.46. The summed E-state index contributed by atoms with van der Waals surface area (Å²) in [6, 6.07) is 13.1. The average molecular weight is 341 g/mol. The van der Waals surface area contributed by atoms with E-state index in [4.69, 9.17) is 4.98 Å². The smallest absolute Gasteiger partial charge is 0.180 e. The van der Waals surface area contributed by atoms with Gasteiger partial charge in [-0.2, -0.15) is 0 Å². The maximum Gasteiger partial charge on any atom is 0.180 e. The highest BCUT2D eigenvalue weighted by molar-refractivity contribution is 5.86. The van der Waals surface area contributed by atoms with E-state index in [2.05, 4.69) is 33.5 Å². The zero-order valence-electron chi connectivity index (χ0n) is 13.8. The predicted octanol–water partition coefficient (Wildman–Crippen LogP) is 3.78. The Morgan fingerprint density at radius 1 is 1.08 bits per heavy atom. The minimum absolute atomic E-state index is 0.226. The van der Waals surface area contributed by atoms with E-state index in [1.165, 1.54) is 11.1 Å². The number of hydrogen-bond donors (Lipinski definition) is 2.